The van der Waals surface area contributed by atoms with Crippen molar-refractivity contribution in [2.24, 2.45) is 0 Å². The highest BCUT2D eigenvalue weighted by molar-refractivity contribution is 9.10. The Morgan fingerprint density at radius 1 is 1.05 bits per heavy atom. The summed E-state index contributed by atoms with van der Waals surface area (Å²) in [4.78, 5) is 0. The highest BCUT2D eigenvalue weighted by Crippen LogP contribution is 2.27. The second-order valence-corrected chi connectivity index (χ2v) is 5.71. The van der Waals surface area contributed by atoms with E-state index in [1.807, 2.05) is 0 Å². The molecule has 0 spiro atoms. The van der Waals surface area contributed by atoms with E-state index < -0.39 is 5.82 Å². The molecule has 2 aromatic carbocycles. The van der Waals surface area contributed by atoms with Crippen LogP contribution in [0.5, 0.6) is 0 Å². The molecule has 0 bridgehead atoms. The van der Waals surface area contributed by atoms with E-state index in [0.29, 0.717) is 21.4 Å². The van der Waals surface area contributed by atoms with E-state index in [4.69, 9.17) is 5.73 Å². The molecule has 0 aromatic heterocycles. The monoisotopic (exact) mass is 390 g/mol. The summed E-state index contributed by atoms with van der Waals surface area (Å²) in [5, 5.41) is 2.92. The van der Waals surface area contributed by atoms with Crippen molar-refractivity contribution in [3.8, 4) is 0 Å². The molecule has 0 aliphatic heterocycles. The fraction of sp³-hybridized carbons (Fsp3) is 0.0769. The summed E-state index contributed by atoms with van der Waals surface area (Å²) in [5.74, 6) is -0.752. The second-order valence-electron chi connectivity index (χ2n) is 3.94. The number of nitrogens with two attached hydrogens (primary N) is 1. The first-order chi connectivity index (χ1) is 8.97. The number of benzene rings is 2. The van der Waals surface area contributed by atoms with Gasteiger partial charge in [-0.3, -0.25) is 0 Å². The molecule has 0 fully saturated rings. The molecule has 0 unspecified atom stereocenters. The van der Waals surface area contributed by atoms with Gasteiger partial charge in [-0.1, -0.05) is 15.9 Å². The van der Waals surface area contributed by atoms with Gasteiger partial charge in [0.1, 0.15) is 11.6 Å². The fourth-order valence-corrected chi connectivity index (χ4v) is 2.35. The van der Waals surface area contributed by atoms with Crippen LogP contribution in [0.25, 0.3) is 0 Å². The molecule has 2 nitrogen and oxygen atoms in total. The maximum atomic E-state index is 13.5. The van der Waals surface area contributed by atoms with Gasteiger partial charge >= 0.3 is 0 Å². The van der Waals surface area contributed by atoms with Crippen LogP contribution in [0.2, 0.25) is 0 Å². The Balaban J connectivity index is 2.19. The van der Waals surface area contributed by atoms with E-state index in [2.05, 4.69) is 37.2 Å². The third-order valence-electron chi connectivity index (χ3n) is 2.57. The Hall–Kier alpha value is -1.14. The van der Waals surface area contributed by atoms with Crippen molar-refractivity contribution in [2.45, 2.75) is 6.54 Å². The lowest BCUT2D eigenvalue weighted by Crippen LogP contribution is -2.05. The van der Waals surface area contributed by atoms with Crippen LogP contribution in [0.1, 0.15) is 5.56 Å². The highest BCUT2D eigenvalue weighted by atomic mass is 79.9. The number of halogens is 4. The van der Waals surface area contributed by atoms with Crippen molar-refractivity contribution in [3.05, 3.63) is 56.5 Å². The van der Waals surface area contributed by atoms with Crippen LogP contribution in [0.3, 0.4) is 0 Å². The zero-order valence-corrected chi connectivity index (χ0v) is 12.9. The molecule has 0 saturated carbocycles. The van der Waals surface area contributed by atoms with E-state index >= 15 is 0 Å². The minimum atomic E-state index is -0.425. The molecule has 6 heteroatoms. The van der Waals surface area contributed by atoms with Crippen LogP contribution < -0.4 is 11.1 Å². The van der Waals surface area contributed by atoms with Crippen LogP contribution >= 0.6 is 31.9 Å². The van der Waals surface area contributed by atoms with Crippen LogP contribution in [-0.2, 0) is 6.54 Å². The second kappa shape index (κ2) is 5.88. The van der Waals surface area contributed by atoms with Gasteiger partial charge in [0.05, 0.1) is 15.8 Å². The van der Waals surface area contributed by atoms with Crippen LogP contribution in [0.15, 0.2) is 39.3 Å². The molecule has 0 radical (unpaired) electrons. The maximum Gasteiger partial charge on any atom is 0.139 e. The Bertz CT molecular complexity index is 618. The molecule has 19 heavy (non-hydrogen) atoms. The van der Waals surface area contributed by atoms with E-state index in [0.717, 1.165) is 4.47 Å². The van der Waals surface area contributed by atoms with Crippen molar-refractivity contribution in [1.82, 2.24) is 0 Å². The standard InChI is InChI=1S/C13H10Br2F2N2/c14-8-1-2-10(16)7(3-8)6-19-13-5-11(17)9(15)4-12(13)18/h1-5,19H,6,18H2. The van der Waals surface area contributed by atoms with Crippen molar-refractivity contribution >= 4 is 43.2 Å². The van der Waals surface area contributed by atoms with Gasteiger partial charge in [-0.05, 0) is 40.2 Å². The zero-order valence-electron chi connectivity index (χ0n) is 9.68. The SMILES string of the molecule is Nc1cc(Br)c(F)cc1NCc1cc(Br)ccc1F. The predicted molar refractivity (Wildman–Crippen MR) is 79.9 cm³/mol. The summed E-state index contributed by atoms with van der Waals surface area (Å²) in [6.45, 7) is 0.219. The average molecular weight is 392 g/mol. The number of rotatable bonds is 3. The number of hydrogen-bond acceptors (Lipinski definition) is 2. The minimum Gasteiger partial charge on any atom is -0.397 e. The Labute approximate surface area is 126 Å². The summed E-state index contributed by atoms with van der Waals surface area (Å²) in [7, 11) is 0. The lowest BCUT2D eigenvalue weighted by atomic mass is 10.2. The first-order valence-corrected chi connectivity index (χ1v) is 6.98. The maximum absolute atomic E-state index is 13.5. The lowest BCUT2D eigenvalue weighted by molar-refractivity contribution is 0.612. The third-order valence-corrected chi connectivity index (χ3v) is 3.67. The van der Waals surface area contributed by atoms with Gasteiger partial charge in [0.15, 0.2) is 0 Å². The quantitative estimate of drug-likeness (QED) is 0.745. The zero-order chi connectivity index (χ0) is 14.0. The third kappa shape index (κ3) is 3.45. The van der Waals surface area contributed by atoms with Crippen LogP contribution in [0, 0.1) is 11.6 Å². The topological polar surface area (TPSA) is 38.0 Å². The minimum absolute atomic E-state index is 0.219. The molecular formula is C13H10Br2F2N2. The van der Waals surface area contributed by atoms with E-state index in [1.165, 1.54) is 18.2 Å². The highest BCUT2D eigenvalue weighted by Gasteiger charge is 2.07. The molecule has 3 N–H and O–H groups in total. The van der Waals surface area contributed by atoms with Crippen molar-refractivity contribution in [2.75, 3.05) is 11.1 Å². The van der Waals surface area contributed by atoms with Gasteiger partial charge in [0.25, 0.3) is 0 Å². The molecule has 100 valence electrons. The van der Waals surface area contributed by atoms with Gasteiger partial charge in [-0.15, -0.1) is 0 Å². The van der Waals surface area contributed by atoms with Crippen molar-refractivity contribution < 1.29 is 8.78 Å². The van der Waals surface area contributed by atoms with E-state index in [9.17, 15) is 8.78 Å². The van der Waals surface area contributed by atoms with Crippen LogP contribution in [0.4, 0.5) is 20.2 Å². The predicted octanol–water partition coefficient (Wildman–Crippen LogP) is 4.68. The summed E-state index contributed by atoms with van der Waals surface area (Å²) < 4.78 is 28.0. The van der Waals surface area contributed by atoms with Gasteiger partial charge in [-0.2, -0.15) is 0 Å². The summed E-state index contributed by atoms with van der Waals surface area (Å²) in [6.07, 6.45) is 0. The molecule has 0 aliphatic carbocycles. The van der Waals surface area contributed by atoms with Gasteiger partial charge in [0, 0.05) is 22.6 Å². The summed E-state index contributed by atoms with van der Waals surface area (Å²) >= 11 is 6.32. The van der Waals surface area contributed by atoms with Gasteiger partial charge < -0.3 is 11.1 Å². The number of anilines is 2. The smallest absolute Gasteiger partial charge is 0.139 e. The lowest BCUT2D eigenvalue weighted by Gasteiger charge is -2.11. The Morgan fingerprint density at radius 3 is 2.53 bits per heavy atom. The molecular weight excluding hydrogens is 382 g/mol. The summed E-state index contributed by atoms with van der Waals surface area (Å²) in [5.41, 5.74) is 7.05. The molecule has 2 aromatic rings. The summed E-state index contributed by atoms with van der Waals surface area (Å²) in [6, 6.07) is 7.39. The molecule has 2 rings (SSSR count). The fourth-order valence-electron chi connectivity index (χ4n) is 1.58. The molecule has 0 saturated heterocycles. The number of nitrogen functional groups attached to an aromatic ring is 1. The number of nitrogens with one attached hydrogen (secondary N) is 1. The molecule has 0 heterocycles. The largest absolute Gasteiger partial charge is 0.397 e. The Morgan fingerprint density at radius 2 is 1.79 bits per heavy atom. The van der Waals surface area contributed by atoms with E-state index in [-0.39, 0.29) is 12.4 Å². The average Bonchev–Trinajstić information content (AvgIpc) is 2.36. The normalized spacial score (nSPS) is 10.5. The van der Waals surface area contributed by atoms with Gasteiger partial charge in [-0.25, -0.2) is 8.78 Å². The molecule has 0 atom stereocenters. The molecule has 0 amide bonds. The first-order valence-electron chi connectivity index (χ1n) is 5.39. The van der Waals surface area contributed by atoms with E-state index in [1.54, 1.807) is 12.1 Å². The van der Waals surface area contributed by atoms with Crippen molar-refractivity contribution in [3.63, 3.8) is 0 Å². The Kier molecular flexibility index (Phi) is 4.42. The van der Waals surface area contributed by atoms with Crippen LogP contribution in [-0.4, -0.2) is 0 Å². The molecule has 0 aliphatic rings. The first kappa shape index (κ1) is 14.3. The number of hydrogen-bond donors (Lipinski definition) is 2. The van der Waals surface area contributed by atoms with Gasteiger partial charge in [0.2, 0.25) is 0 Å². The van der Waals surface area contributed by atoms with Crippen molar-refractivity contribution in [1.29, 1.82) is 0 Å².